The highest BCUT2D eigenvalue weighted by molar-refractivity contribution is 7.12. The second-order valence-electron chi connectivity index (χ2n) is 1.53. The van der Waals surface area contributed by atoms with Gasteiger partial charge in [-0.3, -0.25) is 0 Å². The summed E-state index contributed by atoms with van der Waals surface area (Å²) < 4.78 is 0. The van der Waals surface area contributed by atoms with Crippen molar-refractivity contribution in [3.8, 4) is 0 Å². The molecule has 8 heavy (non-hydrogen) atoms. The first-order valence-electron chi connectivity index (χ1n) is 2.34. The molecule has 0 aliphatic carbocycles. The molecule has 1 nitrogen and oxygen atoms in total. The van der Waals surface area contributed by atoms with Crippen molar-refractivity contribution in [2.75, 3.05) is 0 Å². The predicted molar refractivity (Wildman–Crippen MR) is 34.7 cm³/mol. The molecule has 0 saturated carbocycles. The minimum absolute atomic E-state index is 0.139. The fourth-order valence-corrected chi connectivity index (χ4v) is 1.18. The number of rotatable bonds is 1. The minimum atomic E-state index is 0.139. The highest BCUT2D eigenvalue weighted by Gasteiger charge is 1.90. The molecule has 0 spiro atoms. The Morgan fingerprint density at radius 3 is 2.62 bits per heavy atom. The molecule has 1 radical (unpaired) electrons. The van der Waals surface area contributed by atoms with Crippen molar-refractivity contribution in [2.45, 2.75) is 6.61 Å². The van der Waals surface area contributed by atoms with Gasteiger partial charge in [0.15, 0.2) is 0 Å². The first kappa shape index (κ1) is 5.79. The van der Waals surface area contributed by atoms with Crippen LogP contribution >= 0.6 is 11.3 Å². The molecule has 0 amide bonds. The Morgan fingerprint density at radius 2 is 2.38 bits per heavy atom. The smallest absolute Gasteiger partial charge is 0.0774 e. The highest BCUT2D eigenvalue weighted by atomic mass is 32.1. The lowest BCUT2D eigenvalue weighted by molar-refractivity contribution is 0.285. The molecular formula is C6H7OS. The summed E-state index contributed by atoms with van der Waals surface area (Å²) in [5.74, 6) is 0. The molecule has 0 aliphatic rings. The molecule has 1 N–H and O–H groups in total. The second kappa shape index (κ2) is 2.29. The van der Waals surface area contributed by atoms with Crippen LogP contribution in [0.4, 0.5) is 0 Å². The van der Waals surface area contributed by atoms with Crippen molar-refractivity contribution in [2.24, 2.45) is 0 Å². The minimum Gasteiger partial charge on any atom is -0.391 e. The Labute approximate surface area is 52.6 Å². The number of aliphatic hydroxyl groups is 1. The number of thiophene rings is 1. The molecule has 1 aromatic rings. The first-order chi connectivity index (χ1) is 3.83. The third-order valence-electron chi connectivity index (χ3n) is 0.873. The summed E-state index contributed by atoms with van der Waals surface area (Å²) in [4.78, 5) is 1.99. The normalized spacial score (nSPS) is 9.75. The standard InChI is InChI=1S/C6H7OS/c1-5-2-3-6(4-7)8-5/h2-3,7H,1,4H2. The average Bonchev–Trinajstić information content (AvgIpc) is 2.14. The van der Waals surface area contributed by atoms with Gasteiger partial charge in [0, 0.05) is 9.75 Å². The van der Waals surface area contributed by atoms with E-state index in [4.69, 9.17) is 5.11 Å². The predicted octanol–water partition coefficient (Wildman–Crippen LogP) is 1.42. The van der Waals surface area contributed by atoms with E-state index in [2.05, 4.69) is 6.92 Å². The Kier molecular flexibility index (Phi) is 1.65. The van der Waals surface area contributed by atoms with Crippen LogP contribution in [0.2, 0.25) is 0 Å². The van der Waals surface area contributed by atoms with Crippen LogP contribution in [0.5, 0.6) is 0 Å². The van der Waals surface area contributed by atoms with Crippen molar-refractivity contribution in [3.05, 3.63) is 28.8 Å². The molecule has 0 aromatic carbocycles. The fourth-order valence-electron chi connectivity index (χ4n) is 0.507. The van der Waals surface area contributed by atoms with Crippen molar-refractivity contribution < 1.29 is 5.11 Å². The summed E-state index contributed by atoms with van der Waals surface area (Å²) in [6, 6.07) is 3.78. The summed E-state index contributed by atoms with van der Waals surface area (Å²) in [6.45, 7) is 3.84. The molecule has 1 heterocycles. The van der Waals surface area contributed by atoms with Crippen LogP contribution in [-0.2, 0) is 6.61 Å². The Hall–Kier alpha value is -0.340. The van der Waals surface area contributed by atoms with E-state index in [9.17, 15) is 0 Å². The lowest BCUT2D eigenvalue weighted by Gasteiger charge is -1.80. The van der Waals surface area contributed by atoms with Crippen molar-refractivity contribution in [1.82, 2.24) is 0 Å². The van der Waals surface area contributed by atoms with Gasteiger partial charge in [-0.05, 0) is 19.1 Å². The summed E-state index contributed by atoms with van der Waals surface area (Å²) in [7, 11) is 0. The van der Waals surface area contributed by atoms with Crippen LogP contribution < -0.4 is 0 Å². The van der Waals surface area contributed by atoms with Gasteiger partial charge < -0.3 is 5.11 Å². The monoisotopic (exact) mass is 127 g/mol. The Morgan fingerprint density at radius 1 is 1.62 bits per heavy atom. The molecule has 0 saturated heterocycles. The summed E-state index contributed by atoms with van der Waals surface area (Å²) in [5, 5.41) is 8.53. The van der Waals surface area contributed by atoms with Crippen LogP contribution in [0.25, 0.3) is 0 Å². The number of aliphatic hydroxyl groups excluding tert-OH is 1. The van der Waals surface area contributed by atoms with Gasteiger partial charge in [0.1, 0.15) is 0 Å². The first-order valence-corrected chi connectivity index (χ1v) is 3.16. The van der Waals surface area contributed by atoms with Gasteiger partial charge in [-0.2, -0.15) is 0 Å². The van der Waals surface area contributed by atoms with Crippen LogP contribution in [-0.4, -0.2) is 5.11 Å². The van der Waals surface area contributed by atoms with Crippen LogP contribution in [0.3, 0.4) is 0 Å². The van der Waals surface area contributed by atoms with Crippen LogP contribution in [0.15, 0.2) is 12.1 Å². The Balaban J connectivity index is 2.84. The molecule has 0 atom stereocenters. The molecule has 0 fully saturated rings. The largest absolute Gasteiger partial charge is 0.391 e. The fraction of sp³-hybridized carbons (Fsp3) is 0.167. The van der Waals surface area contributed by atoms with Crippen LogP contribution in [0.1, 0.15) is 9.75 Å². The van der Waals surface area contributed by atoms with E-state index >= 15 is 0 Å². The summed E-state index contributed by atoms with van der Waals surface area (Å²) >= 11 is 1.53. The van der Waals surface area contributed by atoms with E-state index in [0.717, 1.165) is 9.75 Å². The zero-order chi connectivity index (χ0) is 5.98. The van der Waals surface area contributed by atoms with E-state index in [1.165, 1.54) is 11.3 Å². The quantitative estimate of drug-likeness (QED) is 0.605. The van der Waals surface area contributed by atoms with E-state index in [1.54, 1.807) is 0 Å². The zero-order valence-electron chi connectivity index (χ0n) is 4.42. The highest BCUT2D eigenvalue weighted by Crippen LogP contribution is 2.13. The SMILES string of the molecule is [CH2]c1ccc(CO)s1. The van der Waals surface area contributed by atoms with E-state index in [0.29, 0.717) is 0 Å². The number of hydrogen-bond acceptors (Lipinski definition) is 2. The lowest BCUT2D eigenvalue weighted by Crippen LogP contribution is -1.69. The second-order valence-corrected chi connectivity index (χ2v) is 2.78. The molecule has 1 aromatic heterocycles. The molecule has 0 unspecified atom stereocenters. The van der Waals surface area contributed by atoms with Gasteiger partial charge in [-0.1, -0.05) is 0 Å². The van der Waals surface area contributed by atoms with Crippen molar-refractivity contribution >= 4 is 11.3 Å². The summed E-state index contributed by atoms with van der Waals surface area (Å²) in [5.41, 5.74) is 0. The maximum absolute atomic E-state index is 8.53. The van der Waals surface area contributed by atoms with Gasteiger partial charge in [-0.15, -0.1) is 11.3 Å². The lowest BCUT2D eigenvalue weighted by atomic mass is 10.4. The third-order valence-corrected chi connectivity index (χ3v) is 1.80. The zero-order valence-corrected chi connectivity index (χ0v) is 5.24. The van der Waals surface area contributed by atoms with E-state index < -0.39 is 0 Å². The van der Waals surface area contributed by atoms with Gasteiger partial charge >= 0.3 is 0 Å². The third kappa shape index (κ3) is 1.08. The van der Waals surface area contributed by atoms with E-state index in [1.807, 2.05) is 12.1 Å². The number of hydrogen-bond donors (Lipinski definition) is 1. The molecule has 43 valence electrons. The summed E-state index contributed by atoms with van der Waals surface area (Å²) in [6.07, 6.45) is 0. The van der Waals surface area contributed by atoms with Gasteiger partial charge in [0.2, 0.25) is 0 Å². The Bertz CT molecular complexity index is 169. The van der Waals surface area contributed by atoms with Crippen LogP contribution in [0, 0.1) is 6.92 Å². The van der Waals surface area contributed by atoms with Gasteiger partial charge in [0.25, 0.3) is 0 Å². The topological polar surface area (TPSA) is 20.2 Å². The van der Waals surface area contributed by atoms with Crippen molar-refractivity contribution in [1.29, 1.82) is 0 Å². The maximum atomic E-state index is 8.53. The molecule has 1 rings (SSSR count). The molecule has 0 aliphatic heterocycles. The molecular weight excluding hydrogens is 120 g/mol. The molecule has 2 heteroatoms. The van der Waals surface area contributed by atoms with Crippen molar-refractivity contribution in [3.63, 3.8) is 0 Å². The average molecular weight is 127 g/mol. The van der Waals surface area contributed by atoms with Gasteiger partial charge in [-0.25, -0.2) is 0 Å². The maximum Gasteiger partial charge on any atom is 0.0774 e. The van der Waals surface area contributed by atoms with E-state index in [-0.39, 0.29) is 6.61 Å². The molecule has 0 bridgehead atoms. The van der Waals surface area contributed by atoms with Gasteiger partial charge in [0.05, 0.1) is 6.61 Å².